The van der Waals surface area contributed by atoms with Gasteiger partial charge in [-0.2, -0.15) is 0 Å². The Labute approximate surface area is 125 Å². The van der Waals surface area contributed by atoms with Crippen LogP contribution in [0.3, 0.4) is 0 Å². The van der Waals surface area contributed by atoms with Crippen LogP contribution in [0.5, 0.6) is 0 Å². The average molecular weight is 337 g/mol. The molecule has 0 spiro atoms. The van der Waals surface area contributed by atoms with E-state index in [0.717, 1.165) is 5.56 Å². The molecular weight excluding hydrogens is 323 g/mol. The highest BCUT2D eigenvalue weighted by atomic mass is 79.9. The predicted molar refractivity (Wildman–Crippen MR) is 78.8 cm³/mol. The molecule has 3 nitrogen and oxygen atoms in total. The van der Waals surface area contributed by atoms with E-state index >= 15 is 0 Å². The normalized spacial score (nSPS) is 10.3. The Hall–Kier alpha value is -1.75. The number of rotatable bonds is 4. The molecule has 2 aromatic rings. The van der Waals surface area contributed by atoms with Gasteiger partial charge in [0.2, 0.25) is 0 Å². The summed E-state index contributed by atoms with van der Waals surface area (Å²) < 4.78 is 13.9. The van der Waals surface area contributed by atoms with E-state index in [4.69, 9.17) is 0 Å². The van der Waals surface area contributed by atoms with Crippen LogP contribution in [0.1, 0.15) is 22.8 Å². The lowest BCUT2D eigenvalue weighted by molar-refractivity contribution is 0.0751. The number of amides is 1. The van der Waals surface area contributed by atoms with Crippen molar-refractivity contribution in [3.8, 4) is 0 Å². The Bertz CT molecular complexity index is 604. The molecule has 0 bridgehead atoms. The molecule has 0 saturated carbocycles. The van der Waals surface area contributed by atoms with E-state index in [1.165, 1.54) is 12.1 Å². The average Bonchev–Trinajstić information content (AvgIpc) is 2.47. The molecule has 0 aliphatic rings. The number of nitrogens with zero attached hydrogens (tertiary/aromatic N) is 2. The highest BCUT2D eigenvalue weighted by molar-refractivity contribution is 9.10. The maximum Gasteiger partial charge on any atom is 0.255 e. The zero-order valence-corrected chi connectivity index (χ0v) is 12.6. The molecule has 0 radical (unpaired) electrons. The minimum atomic E-state index is -0.420. The number of halogens is 2. The Morgan fingerprint density at radius 2 is 2.00 bits per heavy atom. The molecule has 1 aromatic carbocycles. The molecule has 0 aliphatic heterocycles. The summed E-state index contributed by atoms with van der Waals surface area (Å²) in [5.74, 6) is -0.618. The summed E-state index contributed by atoms with van der Waals surface area (Å²) in [6.45, 7) is 2.91. The first kappa shape index (κ1) is 14.7. The van der Waals surface area contributed by atoms with E-state index in [0.29, 0.717) is 23.1 Å². The van der Waals surface area contributed by atoms with Gasteiger partial charge < -0.3 is 4.90 Å². The van der Waals surface area contributed by atoms with Gasteiger partial charge in [0.05, 0.1) is 5.56 Å². The van der Waals surface area contributed by atoms with Crippen molar-refractivity contribution in [2.45, 2.75) is 13.5 Å². The van der Waals surface area contributed by atoms with Crippen LogP contribution in [-0.2, 0) is 6.54 Å². The van der Waals surface area contributed by atoms with Gasteiger partial charge in [0.1, 0.15) is 5.82 Å². The molecule has 0 atom stereocenters. The standard InChI is InChI=1S/C15H14BrFN2O/c1-2-19(10-11-5-7-18-8-6-11)15(20)13-9-12(17)3-4-14(13)16/h3-9H,2,10H2,1H3. The van der Waals surface area contributed by atoms with Crippen LogP contribution in [-0.4, -0.2) is 22.3 Å². The van der Waals surface area contributed by atoms with Crippen molar-refractivity contribution in [1.29, 1.82) is 0 Å². The van der Waals surface area contributed by atoms with E-state index in [9.17, 15) is 9.18 Å². The molecule has 1 aromatic heterocycles. The van der Waals surface area contributed by atoms with E-state index in [1.54, 1.807) is 23.4 Å². The van der Waals surface area contributed by atoms with Crippen molar-refractivity contribution in [3.05, 3.63) is 64.1 Å². The summed E-state index contributed by atoms with van der Waals surface area (Å²) in [6.07, 6.45) is 3.37. The van der Waals surface area contributed by atoms with Crippen molar-refractivity contribution < 1.29 is 9.18 Å². The summed E-state index contributed by atoms with van der Waals surface area (Å²) in [4.78, 5) is 18.1. The van der Waals surface area contributed by atoms with Gasteiger partial charge in [-0.3, -0.25) is 9.78 Å². The molecule has 0 saturated heterocycles. The van der Waals surface area contributed by atoms with Crippen LogP contribution in [0.4, 0.5) is 4.39 Å². The minimum absolute atomic E-state index is 0.198. The second-order valence-electron chi connectivity index (χ2n) is 4.30. The summed E-state index contributed by atoms with van der Waals surface area (Å²) in [5.41, 5.74) is 1.32. The van der Waals surface area contributed by atoms with E-state index in [-0.39, 0.29) is 5.91 Å². The lowest BCUT2D eigenvalue weighted by Crippen LogP contribution is -2.30. The number of carbonyl (C=O) groups excluding carboxylic acids is 1. The highest BCUT2D eigenvalue weighted by Crippen LogP contribution is 2.20. The maximum absolute atomic E-state index is 13.3. The molecular formula is C15H14BrFN2O. The molecule has 0 N–H and O–H groups in total. The minimum Gasteiger partial charge on any atom is -0.335 e. The fraction of sp³-hybridized carbons (Fsp3) is 0.200. The van der Waals surface area contributed by atoms with Gasteiger partial charge >= 0.3 is 0 Å². The van der Waals surface area contributed by atoms with E-state index in [1.807, 2.05) is 19.1 Å². The summed E-state index contributed by atoms with van der Waals surface area (Å²) >= 11 is 3.29. The molecule has 2 rings (SSSR count). The number of carbonyl (C=O) groups is 1. The third-order valence-corrected chi connectivity index (χ3v) is 3.64. The third kappa shape index (κ3) is 3.42. The lowest BCUT2D eigenvalue weighted by Gasteiger charge is -2.21. The van der Waals surface area contributed by atoms with Crippen molar-refractivity contribution in [1.82, 2.24) is 9.88 Å². The molecule has 1 heterocycles. The molecule has 0 aliphatic carbocycles. The van der Waals surface area contributed by atoms with Crippen molar-refractivity contribution >= 4 is 21.8 Å². The molecule has 1 amide bonds. The summed E-state index contributed by atoms with van der Waals surface area (Å²) in [5, 5.41) is 0. The number of hydrogen-bond acceptors (Lipinski definition) is 2. The monoisotopic (exact) mass is 336 g/mol. The molecule has 20 heavy (non-hydrogen) atoms. The zero-order chi connectivity index (χ0) is 14.5. The first-order valence-corrected chi connectivity index (χ1v) is 7.04. The Balaban J connectivity index is 2.23. The van der Waals surface area contributed by atoms with Crippen molar-refractivity contribution in [3.63, 3.8) is 0 Å². The van der Waals surface area contributed by atoms with Crippen LogP contribution < -0.4 is 0 Å². The Kier molecular flexibility index (Phi) is 4.84. The van der Waals surface area contributed by atoms with Crippen LogP contribution in [0.15, 0.2) is 47.2 Å². The largest absolute Gasteiger partial charge is 0.335 e. The van der Waals surface area contributed by atoms with Crippen LogP contribution in [0.2, 0.25) is 0 Å². The molecule has 104 valence electrons. The number of hydrogen-bond donors (Lipinski definition) is 0. The van der Waals surface area contributed by atoms with Crippen LogP contribution in [0.25, 0.3) is 0 Å². The van der Waals surface area contributed by atoms with Crippen molar-refractivity contribution in [2.75, 3.05) is 6.54 Å². The van der Waals surface area contributed by atoms with Gasteiger partial charge in [-0.05, 0) is 58.7 Å². The molecule has 0 unspecified atom stereocenters. The van der Waals surface area contributed by atoms with Gasteiger partial charge in [-0.15, -0.1) is 0 Å². The van der Waals surface area contributed by atoms with Gasteiger partial charge in [0, 0.05) is 30.0 Å². The topological polar surface area (TPSA) is 33.2 Å². The van der Waals surface area contributed by atoms with Gasteiger partial charge in [-0.1, -0.05) is 0 Å². The number of benzene rings is 1. The third-order valence-electron chi connectivity index (χ3n) is 2.95. The Morgan fingerprint density at radius 3 is 2.65 bits per heavy atom. The highest BCUT2D eigenvalue weighted by Gasteiger charge is 2.17. The zero-order valence-electron chi connectivity index (χ0n) is 11.0. The van der Waals surface area contributed by atoms with Crippen LogP contribution in [0, 0.1) is 5.82 Å². The van der Waals surface area contributed by atoms with E-state index in [2.05, 4.69) is 20.9 Å². The number of aromatic nitrogens is 1. The first-order chi connectivity index (χ1) is 9.61. The molecule has 0 fully saturated rings. The quantitative estimate of drug-likeness (QED) is 0.853. The van der Waals surface area contributed by atoms with Crippen molar-refractivity contribution in [2.24, 2.45) is 0 Å². The summed E-state index contributed by atoms with van der Waals surface area (Å²) in [6, 6.07) is 7.83. The van der Waals surface area contributed by atoms with Gasteiger partial charge in [-0.25, -0.2) is 4.39 Å². The van der Waals surface area contributed by atoms with Gasteiger partial charge in [0.25, 0.3) is 5.91 Å². The summed E-state index contributed by atoms with van der Waals surface area (Å²) in [7, 11) is 0. The fourth-order valence-electron chi connectivity index (χ4n) is 1.87. The fourth-order valence-corrected chi connectivity index (χ4v) is 2.28. The maximum atomic E-state index is 13.3. The van der Waals surface area contributed by atoms with E-state index < -0.39 is 5.82 Å². The second kappa shape index (κ2) is 6.61. The molecule has 5 heteroatoms. The van der Waals surface area contributed by atoms with Gasteiger partial charge in [0.15, 0.2) is 0 Å². The Morgan fingerprint density at radius 1 is 1.30 bits per heavy atom. The second-order valence-corrected chi connectivity index (χ2v) is 5.15. The smallest absolute Gasteiger partial charge is 0.255 e. The first-order valence-electron chi connectivity index (χ1n) is 6.25. The van der Waals surface area contributed by atoms with Crippen LogP contribution >= 0.6 is 15.9 Å². The predicted octanol–water partition coefficient (Wildman–Crippen LogP) is 3.65. The lowest BCUT2D eigenvalue weighted by atomic mass is 10.1. The number of pyridine rings is 1. The SMILES string of the molecule is CCN(Cc1ccncc1)C(=O)c1cc(F)ccc1Br.